The molecule has 0 spiro atoms. The number of ether oxygens (including phenoxy) is 2. The van der Waals surface area contributed by atoms with Crippen LogP contribution < -0.4 is 4.74 Å². The van der Waals surface area contributed by atoms with Crippen LogP contribution in [0.4, 0.5) is 0 Å². The molecule has 1 aliphatic rings. The first-order chi connectivity index (χ1) is 17.7. The first kappa shape index (κ1) is 23.6. The van der Waals surface area contributed by atoms with E-state index in [1.807, 2.05) is 78.6 Å². The van der Waals surface area contributed by atoms with Gasteiger partial charge in [-0.05, 0) is 48.7 Å². The maximum absolute atomic E-state index is 13.5. The number of hydrogen-bond donors (Lipinski definition) is 2. The number of para-hydroxylation sites is 1. The number of carbonyl (C=O) groups is 1. The molecule has 0 bridgehead atoms. The monoisotopic (exact) mass is 483 g/mol. The number of phenolic OH excluding ortho intramolecular Hbond substituents is 1. The van der Waals surface area contributed by atoms with Crippen LogP contribution in [0.2, 0.25) is 0 Å². The lowest BCUT2D eigenvalue weighted by molar-refractivity contribution is 0.0710. The highest BCUT2D eigenvalue weighted by Gasteiger charge is 2.42. The molecule has 0 radical (unpaired) electrons. The molecular weight excluding hydrogens is 454 g/mol. The summed E-state index contributed by atoms with van der Waals surface area (Å²) >= 11 is 0. The summed E-state index contributed by atoms with van der Waals surface area (Å²) in [5.41, 5.74) is 4.37. The molecule has 184 valence electrons. The third-order valence-corrected chi connectivity index (χ3v) is 6.34. The normalized spacial score (nSPS) is 14.8. The molecule has 0 saturated carbocycles. The Labute approximate surface area is 210 Å². The number of carbonyl (C=O) groups excluding carboxylic acids is 1. The molecule has 1 aromatic heterocycles. The summed E-state index contributed by atoms with van der Waals surface area (Å²) < 4.78 is 11.6. The van der Waals surface area contributed by atoms with E-state index in [-0.39, 0.29) is 17.7 Å². The third-order valence-electron chi connectivity index (χ3n) is 6.34. The first-order valence-corrected chi connectivity index (χ1v) is 12.2. The van der Waals surface area contributed by atoms with Gasteiger partial charge in [-0.2, -0.15) is 5.10 Å². The molecule has 1 unspecified atom stereocenters. The van der Waals surface area contributed by atoms with Crippen LogP contribution in [0, 0.1) is 0 Å². The highest BCUT2D eigenvalue weighted by molar-refractivity contribution is 6.00. The molecular formula is C29H29N3O4. The molecule has 1 aliphatic heterocycles. The number of amides is 1. The molecule has 7 heteroatoms. The molecule has 0 fully saturated rings. The lowest BCUT2D eigenvalue weighted by atomic mass is 9.95. The molecule has 5 rings (SSSR count). The van der Waals surface area contributed by atoms with Gasteiger partial charge in [0.05, 0.1) is 6.04 Å². The fraction of sp³-hybridized carbons (Fsp3) is 0.241. The van der Waals surface area contributed by atoms with Crippen molar-refractivity contribution in [2.75, 3.05) is 19.8 Å². The summed E-state index contributed by atoms with van der Waals surface area (Å²) in [5.74, 6) is 0.725. The molecule has 2 heterocycles. The summed E-state index contributed by atoms with van der Waals surface area (Å²) in [6.07, 6.45) is 0.712. The number of hydrogen-bond acceptors (Lipinski definition) is 5. The van der Waals surface area contributed by atoms with Gasteiger partial charge in [-0.1, -0.05) is 54.6 Å². The smallest absolute Gasteiger partial charge is 0.273 e. The van der Waals surface area contributed by atoms with Crippen LogP contribution in [0.15, 0.2) is 78.9 Å². The molecule has 7 nitrogen and oxygen atoms in total. The van der Waals surface area contributed by atoms with Crippen molar-refractivity contribution in [3.8, 4) is 22.8 Å². The van der Waals surface area contributed by atoms with Crippen LogP contribution in [0.1, 0.15) is 46.6 Å². The average molecular weight is 484 g/mol. The van der Waals surface area contributed by atoms with Crippen molar-refractivity contribution in [1.82, 2.24) is 15.1 Å². The van der Waals surface area contributed by atoms with Crippen LogP contribution in [0.5, 0.6) is 11.5 Å². The highest BCUT2D eigenvalue weighted by atomic mass is 16.5. The molecule has 1 amide bonds. The minimum absolute atomic E-state index is 0.115. The molecule has 36 heavy (non-hydrogen) atoms. The minimum atomic E-state index is -0.372. The maximum Gasteiger partial charge on any atom is 0.273 e. The standard InChI is InChI=1S/C29H29N3O4/c1-2-35-17-9-16-32-28(21-12-8-13-22(18-21)36-19-20-10-4-3-5-11-20)25-26(30-31-27(25)29(32)34)23-14-6-7-15-24(23)33/h3-8,10-15,18,28,33H,2,9,16-17,19H2,1H3,(H,30,31). The van der Waals surface area contributed by atoms with E-state index in [9.17, 15) is 9.90 Å². The number of benzene rings is 3. The molecule has 1 atom stereocenters. The van der Waals surface area contributed by atoms with E-state index >= 15 is 0 Å². The zero-order valence-electron chi connectivity index (χ0n) is 20.2. The van der Waals surface area contributed by atoms with Gasteiger partial charge in [-0.3, -0.25) is 9.89 Å². The summed E-state index contributed by atoms with van der Waals surface area (Å²) in [6.45, 7) is 4.15. The zero-order valence-corrected chi connectivity index (χ0v) is 20.2. The van der Waals surface area contributed by atoms with E-state index in [0.717, 1.165) is 22.4 Å². The van der Waals surface area contributed by atoms with Crippen LogP contribution in [-0.2, 0) is 11.3 Å². The number of aromatic hydroxyl groups is 1. The van der Waals surface area contributed by atoms with Crippen LogP contribution in [-0.4, -0.2) is 45.9 Å². The van der Waals surface area contributed by atoms with Gasteiger partial charge < -0.3 is 19.5 Å². The summed E-state index contributed by atoms with van der Waals surface area (Å²) in [5, 5.41) is 17.9. The molecule has 0 saturated heterocycles. The zero-order chi connectivity index (χ0) is 24.9. The Morgan fingerprint density at radius 3 is 2.64 bits per heavy atom. The highest BCUT2D eigenvalue weighted by Crippen LogP contribution is 2.44. The number of rotatable bonds is 10. The lowest BCUT2D eigenvalue weighted by Gasteiger charge is -2.27. The quantitative estimate of drug-likeness (QED) is 0.298. The van der Waals surface area contributed by atoms with Crippen molar-refractivity contribution in [3.05, 3.63) is 101 Å². The van der Waals surface area contributed by atoms with Gasteiger partial charge in [0.1, 0.15) is 29.5 Å². The molecule has 4 aromatic rings. The van der Waals surface area contributed by atoms with Crippen molar-refractivity contribution in [3.63, 3.8) is 0 Å². The Morgan fingerprint density at radius 2 is 1.83 bits per heavy atom. The predicted molar refractivity (Wildman–Crippen MR) is 137 cm³/mol. The van der Waals surface area contributed by atoms with Crippen molar-refractivity contribution < 1.29 is 19.4 Å². The number of fused-ring (bicyclic) bond motifs is 1. The minimum Gasteiger partial charge on any atom is -0.507 e. The average Bonchev–Trinajstić information content (AvgIpc) is 3.45. The second-order valence-corrected chi connectivity index (χ2v) is 8.68. The number of nitrogens with zero attached hydrogens (tertiary/aromatic N) is 2. The SMILES string of the molecule is CCOCCCN1C(=O)c2[nH]nc(-c3ccccc3O)c2C1c1cccc(OCc2ccccc2)c1. The largest absolute Gasteiger partial charge is 0.507 e. The molecule has 0 aliphatic carbocycles. The van der Waals surface area contributed by atoms with Crippen LogP contribution in [0.25, 0.3) is 11.3 Å². The summed E-state index contributed by atoms with van der Waals surface area (Å²) in [7, 11) is 0. The Balaban J connectivity index is 1.51. The van der Waals surface area contributed by atoms with Gasteiger partial charge in [0.25, 0.3) is 5.91 Å². The Kier molecular flexibility index (Phi) is 7.00. The second kappa shape index (κ2) is 10.7. The number of aromatic nitrogens is 2. The van der Waals surface area contributed by atoms with Crippen molar-refractivity contribution >= 4 is 5.91 Å². The Morgan fingerprint density at radius 1 is 1.03 bits per heavy atom. The number of aromatic amines is 1. The molecule has 2 N–H and O–H groups in total. The van der Waals surface area contributed by atoms with Crippen LogP contribution in [0.3, 0.4) is 0 Å². The molecule has 3 aromatic carbocycles. The van der Waals surface area contributed by atoms with Gasteiger partial charge in [-0.15, -0.1) is 0 Å². The van der Waals surface area contributed by atoms with E-state index in [1.54, 1.807) is 12.1 Å². The number of nitrogens with one attached hydrogen (secondary N) is 1. The van der Waals surface area contributed by atoms with E-state index in [0.29, 0.717) is 49.7 Å². The van der Waals surface area contributed by atoms with E-state index in [4.69, 9.17) is 9.47 Å². The van der Waals surface area contributed by atoms with Crippen molar-refractivity contribution in [2.24, 2.45) is 0 Å². The van der Waals surface area contributed by atoms with E-state index in [1.165, 1.54) is 0 Å². The summed E-state index contributed by atoms with van der Waals surface area (Å²) in [4.78, 5) is 15.3. The maximum atomic E-state index is 13.5. The van der Waals surface area contributed by atoms with Gasteiger partial charge in [-0.25, -0.2) is 0 Å². The van der Waals surface area contributed by atoms with Gasteiger partial charge in [0.2, 0.25) is 0 Å². The van der Waals surface area contributed by atoms with Gasteiger partial charge >= 0.3 is 0 Å². The predicted octanol–water partition coefficient (Wildman–Crippen LogP) is 5.33. The van der Waals surface area contributed by atoms with Crippen molar-refractivity contribution in [1.29, 1.82) is 0 Å². The fourth-order valence-electron chi connectivity index (χ4n) is 4.65. The topological polar surface area (TPSA) is 87.7 Å². The second-order valence-electron chi connectivity index (χ2n) is 8.68. The first-order valence-electron chi connectivity index (χ1n) is 12.2. The van der Waals surface area contributed by atoms with E-state index < -0.39 is 0 Å². The van der Waals surface area contributed by atoms with Gasteiger partial charge in [0.15, 0.2) is 0 Å². The van der Waals surface area contributed by atoms with Crippen molar-refractivity contribution in [2.45, 2.75) is 26.0 Å². The Hall–Kier alpha value is -4.10. The third kappa shape index (κ3) is 4.70. The fourth-order valence-corrected chi connectivity index (χ4v) is 4.65. The summed E-state index contributed by atoms with van der Waals surface area (Å²) in [6, 6.07) is 24.5. The Bertz CT molecular complexity index is 1340. The van der Waals surface area contributed by atoms with Gasteiger partial charge in [0, 0.05) is 30.9 Å². The number of H-pyrrole nitrogens is 1. The van der Waals surface area contributed by atoms with E-state index in [2.05, 4.69) is 10.2 Å². The lowest BCUT2D eigenvalue weighted by Crippen LogP contribution is -2.31. The van der Waals surface area contributed by atoms with Crippen LogP contribution >= 0.6 is 0 Å². The number of phenols is 1.